The van der Waals surface area contributed by atoms with Gasteiger partial charge in [0.15, 0.2) is 0 Å². The molecule has 1 aromatic heterocycles. The molecule has 0 radical (unpaired) electrons. The Morgan fingerprint density at radius 3 is 2.62 bits per heavy atom. The Hall–Kier alpha value is -3.68. The zero-order valence-corrected chi connectivity index (χ0v) is 23.7. The predicted octanol–water partition coefficient (Wildman–Crippen LogP) is 6.65. The first-order valence-corrected chi connectivity index (χ1v) is 14.6. The molecule has 4 atom stereocenters. The summed E-state index contributed by atoms with van der Waals surface area (Å²) in [4.78, 5) is 46.1. The Morgan fingerprint density at radius 2 is 1.88 bits per heavy atom. The van der Waals surface area contributed by atoms with Gasteiger partial charge in [0.25, 0.3) is 0 Å². The minimum Gasteiger partial charge on any atom is -0.465 e. The van der Waals surface area contributed by atoms with Gasteiger partial charge in [0.1, 0.15) is 0 Å². The first kappa shape index (κ1) is 27.9. The van der Waals surface area contributed by atoms with Crippen LogP contribution in [0.15, 0.2) is 48.2 Å². The maximum Gasteiger partial charge on any atom is 0.411 e. The number of carbonyl (C=O) groups is 3. The summed E-state index contributed by atoms with van der Waals surface area (Å²) in [5.41, 5.74) is 4.81. The van der Waals surface area contributed by atoms with E-state index in [0.29, 0.717) is 36.2 Å². The number of benzene rings is 1. The van der Waals surface area contributed by atoms with Gasteiger partial charge in [-0.05, 0) is 73.8 Å². The van der Waals surface area contributed by atoms with Gasteiger partial charge in [-0.3, -0.25) is 19.5 Å². The van der Waals surface area contributed by atoms with Gasteiger partial charge in [0, 0.05) is 43.0 Å². The fourth-order valence-electron chi connectivity index (χ4n) is 6.55. The Labute approximate surface area is 236 Å². The van der Waals surface area contributed by atoms with Crippen molar-refractivity contribution >= 4 is 29.3 Å². The number of aromatic nitrogens is 1. The molecule has 0 spiro atoms. The fraction of sp³-hybridized carbons (Fsp3) is 0.500. The molecule has 2 unspecified atom stereocenters. The minimum absolute atomic E-state index is 0.0660. The average molecular weight is 545 g/mol. The lowest BCUT2D eigenvalue weighted by molar-refractivity contribution is -0.129. The van der Waals surface area contributed by atoms with Crippen LogP contribution < -0.4 is 10.2 Å². The quantitative estimate of drug-likeness (QED) is 0.450. The predicted molar refractivity (Wildman–Crippen MR) is 156 cm³/mol. The molecular weight excluding hydrogens is 504 g/mol. The molecule has 1 aliphatic carbocycles. The third-order valence-corrected chi connectivity index (χ3v) is 9.00. The number of nitrogens with zero attached hydrogens (tertiary/aromatic N) is 3. The van der Waals surface area contributed by atoms with Gasteiger partial charge in [0.2, 0.25) is 11.8 Å². The van der Waals surface area contributed by atoms with E-state index in [1.165, 1.54) is 38.3 Å². The highest BCUT2D eigenvalue weighted by molar-refractivity contribution is 5.98. The Kier molecular flexibility index (Phi) is 8.24. The van der Waals surface area contributed by atoms with Crippen LogP contribution in [0.5, 0.6) is 0 Å². The molecule has 2 aromatic rings. The van der Waals surface area contributed by atoms with E-state index in [-0.39, 0.29) is 23.8 Å². The molecule has 8 nitrogen and oxygen atoms in total. The minimum atomic E-state index is -1.08. The van der Waals surface area contributed by atoms with Gasteiger partial charge < -0.3 is 15.3 Å². The second-order valence-electron chi connectivity index (χ2n) is 11.8. The number of pyridine rings is 1. The molecule has 0 saturated heterocycles. The van der Waals surface area contributed by atoms with Gasteiger partial charge >= 0.3 is 6.09 Å². The van der Waals surface area contributed by atoms with Crippen molar-refractivity contribution < 1.29 is 19.5 Å². The lowest BCUT2D eigenvalue weighted by Crippen LogP contribution is -2.39. The van der Waals surface area contributed by atoms with E-state index in [0.717, 1.165) is 41.0 Å². The van der Waals surface area contributed by atoms with Crippen molar-refractivity contribution in [2.75, 3.05) is 23.8 Å². The Morgan fingerprint density at radius 1 is 1.07 bits per heavy atom. The van der Waals surface area contributed by atoms with E-state index in [1.54, 1.807) is 18.3 Å². The number of rotatable bonds is 3. The second-order valence-corrected chi connectivity index (χ2v) is 11.8. The summed E-state index contributed by atoms with van der Waals surface area (Å²) >= 11 is 0. The third kappa shape index (κ3) is 5.91. The molecule has 1 fully saturated rings. The number of hydrogen-bond donors (Lipinski definition) is 2. The number of anilines is 2. The lowest BCUT2D eigenvalue weighted by atomic mass is 9.77. The topological polar surface area (TPSA) is 103 Å². The van der Waals surface area contributed by atoms with E-state index in [9.17, 15) is 19.5 Å². The summed E-state index contributed by atoms with van der Waals surface area (Å²) in [6.45, 7) is 4.91. The first-order valence-electron chi connectivity index (χ1n) is 14.6. The smallest absolute Gasteiger partial charge is 0.411 e. The molecule has 5 rings (SSSR count). The largest absolute Gasteiger partial charge is 0.465 e. The van der Waals surface area contributed by atoms with E-state index < -0.39 is 6.09 Å². The molecule has 3 heterocycles. The van der Waals surface area contributed by atoms with Gasteiger partial charge in [-0.1, -0.05) is 44.7 Å². The third-order valence-electron chi connectivity index (χ3n) is 9.00. The molecule has 1 saturated carbocycles. The van der Waals surface area contributed by atoms with Crippen molar-refractivity contribution in [1.29, 1.82) is 0 Å². The van der Waals surface area contributed by atoms with Crippen molar-refractivity contribution in [3.63, 3.8) is 0 Å². The van der Waals surface area contributed by atoms with Crippen LogP contribution in [0.1, 0.15) is 76.9 Å². The SMILES string of the molecule is CC1CCCC(C2=CC(=O)N([C@H]3CCC[C@@H](C)C(=O)Nc4cc(N(C)C(=O)O)ccc4-c4ccnc3c4)CC2)C1. The zero-order chi connectivity index (χ0) is 28.4. The maximum absolute atomic E-state index is 13.6. The standard InChI is InChI=1S/C32H40N4O4/c1-20-6-4-8-22(16-20)23-13-15-36(30(37)18-23)29-9-5-7-21(2)31(38)34-27-19-25(35(3)32(39)40)10-11-26(27)24-12-14-33-28(29)17-24/h10-12,14,17-22,29H,4-9,13,15-16H2,1-3H3,(H,34,38)(H,39,40)/t20?,21-,22?,29+/m1/s1. The van der Waals surface area contributed by atoms with Crippen LogP contribution in [0.2, 0.25) is 0 Å². The number of carboxylic acid groups (broad SMARTS) is 1. The maximum atomic E-state index is 13.6. The Bertz CT molecular complexity index is 1320. The highest BCUT2D eigenvalue weighted by Gasteiger charge is 2.32. The van der Waals surface area contributed by atoms with Crippen LogP contribution in [-0.2, 0) is 9.59 Å². The van der Waals surface area contributed by atoms with Crippen LogP contribution in [-0.4, -0.2) is 46.5 Å². The monoisotopic (exact) mass is 544 g/mol. The summed E-state index contributed by atoms with van der Waals surface area (Å²) in [5.74, 6) is 0.960. The summed E-state index contributed by atoms with van der Waals surface area (Å²) < 4.78 is 0. The second kappa shape index (κ2) is 11.8. The van der Waals surface area contributed by atoms with Crippen molar-refractivity contribution in [2.45, 2.75) is 71.3 Å². The van der Waals surface area contributed by atoms with Gasteiger partial charge in [-0.15, -0.1) is 0 Å². The molecule has 2 N–H and O–H groups in total. The summed E-state index contributed by atoms with van der Waals surface area (Å²) in [5, 5.41) is 12.5. The van der Waals surface area contributed by atoms with Crippen LogP contribution in [0, 0.1) is 17.8 Å². The molecule has 212 valence electrons. The summed E-state index contributed by atoms with van der Waals surface area (Å²) in [7, 11) is 1.48. The average Bonchev–Trinajstić information content (AvgIpc) is 2.94. The molecule has 1 aromatic carbocycles. The normalized spacial score (nSPS) is 25.6. The number of nitrogens with one attached hydrogen (secondary N) is 1. The Balaban J connectivity index is 1.49. The van der Waals surface area contributed by atoms with Crippen molar-refractivity contribution in [2.24, 2.45) is 17.8 Å². The van der Waals surface area contributed by atoms with Crippen molar-refractivity contribution in [1.82, 2.24) is 9.88 Å². The summed E-state index contributed by atoms with van der Waals surface area (Å²) in [6, 6.07) is 8.99. The highest BCUT2D eigenvalue weighted by Crippen LogP contribution is 2.39. The number of hydrogen-bond acceptors (Lipinski definition) is 4. The fourth-order valence-corrected chi connectivity index (χ4v) is 6.55. The van der Waals surface area contributed by atoms with E-state index in [1.807, 2.05) is 36.1 Å². The van der Waals surface area contributed by atoms with Gasteiger partial charge in [0.05, 0.1) is 17.4 Å². The molecular formula is C32H40N4O4. The van der Waals surface area contributed by atoms with Crippen LogP contribution in [0.3, 0.4) is 0 Å². The summed E-state index contributed by atoms with van der Waals surface area (Å²) in [6.07, 6.45) is 10.5. The van der Waals surface area contributed by atoms with Crippen LogP contribution >= 0.6 is 0 Å². The molecule has 40 heavy (non-hydrogen) atoms. The van der Waals surface area contributed by atoms with E-state index in [4.69, 9.17) is 4.98 Å². The van der Waals surface area contributed by atoms with Gasteiger partial charge in [-0.2, -0.15) is 0 Å². The lowest BCUT2D eigenvalue weighted by Gasteiger charge is -2.37. The van der Waals surface area contributed by atoms with Crippen LogP contribution in [0.25, 0.3) is 11.1 Å². The zero-order valence-electron chi connectivity index (χ0n) is 23.7. The van der Waals surface area contributed by atoms with E-state index >= 15 is 0 Å². The van der Waals surface area contributed by atoms with Gasteiger partial charge in [-0.25, -0.2) is 4.79 Å². The first-order chi connectivity index (χ1) is 19.2. The number of amides is 3. The van der Waals surface area contributed by atoms with Crippen LogP contribution in [0.4, 0.5) is 16.2 Å². The molecule has 2 bridgehead atoms. The molecule has 8 heteroatoms. The number of carbonyl (C=O) groups excluding carboxylic acids is 2. The molecule has 3 aliphatic rings. The molecule has 2 aliphatic heterocycles. The molecule has 3 amide bonds. The van der Waals surface area contributed by atoms with Crippen molar-refractivity contribution in [3.8, 4) is 11.1 Å². The van der Waals surface area contributed by atoms with E-state index in [2.05, 4.69) is 12.2 Å². The highest BCUT2D eigenvalue weighted by atomic mass is 16.4. The van der Waals surface area contributed by atoms with Crippen molar-refractivity contribution in [3.05, 3.63) is 53.9 Å². The number of fused-ring (bicyclic) bond motifs is 4.